The summed E-state index contributed by atoms with van der Waals surface area (Å²) in [7, 11) is 1.84. The lowest BCUT2D eigenvalue weighted by Crippen LogP contribution is -2.28. The fourth-order valence-corrected chi connectivity index (χ4v) is 2.11. The summed E-state index contributed by atoms with van der Waals surface area (Å²) in [5.74, 6) is 0.368. The molecule has 1 aromatic heterocycles. The molecule has 1 heterocycles. The molecule has 2 N–H and O–H groups in total. The number of aromatic nitrogens is 1. The number of nitrogens with zero attached hydrogens (tertiary/aromatic N) is 1. The standard InChI is InChI=1S/C11H19N3OS.ClH/c1-7(2)9-6-16-11(13-9)14-10(15)8(3)5-12-4;/h6-8,12H,5H2,1-4H3,(H,13,14,15);1H. The first-order valence-electron chi connectivity index (χ1n) is 5.45. The predicted molar refractivity (Wildman–Crippen MR) is 75.2 cm³/mol. The number of nitrogens with one attached hydrogen (secondary N) is 2. The first-order valence-corrected chi connectivity index (χ1v) is 6.33. The monoisotopic (exact) mass is 277 g/mol. The molecule has 0 aliphatic carbocycles. The number of anilines is 1. The number of halogens is 1. The van der Waals surface area contributed by atoms with Crippen molar-refractivity contribution >= 4 is 34.8 Å². The molecule has 0 saturated carbocycles. The second-order valence-electron chi connectivity index (χ2n) is 4.18. The first kappa shape index (κ1) is 16.4. The largest absolute Gasteiger partial charge is 0.319 e. The van der Waals surface area contributed by atoms with Crippen molar-refractivity contribution in [3.8, 4) is 0 Å². The SMILES string of the molecule is CNCC(C)C(=O)Nc1nc(C(C)C)cs1.Cl. The van der Waals surface area contributed by atoms with Crippen molar-refractivity contribution in [2.45, 2.75) is 26.7 Å². The number of amides is 1. The van der Waals surface area contributed by atoms with E-state index in [4.69, 9.17) is 0 Å². The third kappa shape index (κ3) is 5.02. The van der Waals surface area contributed by atoms with Crippen molar-refractivity contribution in [3.05, 3.63) is 11.1 Å². The van der Waals surface area contributed by atoms with Crippen molar-refractivity contribution in [1.82, 2.24) is 10.3 Å². The van der Waals surface area contributed by atoms with E-state index >= 15 is 0 Å². The fourth-order valence-electron chi connectivity index (χ4n) is 1.24. The van der Waals surface area contributed by atoms with Crippen LogP contribution in [-0.4, -0.2) is 24.5 Å². The van der Waals surface area contributed by atoms with Crippen molar-refractivity contribution in [2.24, 2.45) is 5.92 Å². The van der Waals surface area contributed by atoms with Crippen LogP contribution in [0, 0.1) is 5.92 Å². The zero-order chi connectivity index (χ0) is 12.1. The summed E-state index contributed by atoms with van der Waals surface area (Å²) in [6.45, 7) is 6.74. The summed E-state index contributed by atoms with van der Waals surface area (Å²) in [5.41, 5.74) is 1.03. The topological polar surface area (TPSA) is 54.0 Å². The Labute approximate surface area is 113 Å². The quantitative estimate of drug-likeness (QED) is 0.869. The van der Waals surface area contributed by atoms with Gasteiger partial charge in [-0.25, -0.2) is 4.98 Å². The van der Waals surface area contributed by atoms with Crippen LogP contribution in [0.1, 0.15) is 32.4 Å². The van der Waals surface area contributed by atoms with Crippen LogP contribution in [0.2, 0.25) is 0 Å². The van der Waals surface area contributed by atoms with Gasteiger partial charge in [0, 0.05) is 17.8 Å². The van der Waals surface area contributed by atoms with Crippen LogP contribution in [0.3, 0.4) is 0 Å². The number of rotatable bonds is 5. The fraction of sp³-hybridized carbons (Fsp3) is 0.636. The van der Waals surface area contributed by atoms with Crippen LogP contribution in [0.4, 0.5) is 5.13 Å². The van der Waals surface area contributed by atoms with Crippen LogP contribution in [0.15, 0.2) is 5.38 Å². The maximum atomic E-state index is 11.7. The average Bonchev–Trinajstić information content (AvgIpc) is 2.66. The highest BCUT2D eigenvalue weighted by atomic mass is 35.5. The van der Waals surface area contributed by atoms with Crippen molar-refractivity contribution in [1.29, 1.82) is 0 Å². The lowest BCUT2D eigenvalue weighted by atomic mass is 10.1. The third-order valence-electron chi connectivity index (χ3n) is 2.30. The molecule has 1 aromatic rings. The number of carbonyl (C=O) groups excluding carboxylic acids is 1. The molecular formula is C11H20ClN3OS. The Balaban J connectivity index is 0.00000256. The molecule has 98 valence electrons. The van der Waals surface area contributed by atoms with E-state index in [1.54, 1.807) is 0 Å². The van der Waals surface area contributed by atoms with Gasteiger partial charge in [0.2, 0.25) is 5.91 Å². The molecule has 1 rings (SSSR count). The van der Waals surface area contributed by atoms with Gasteiger partial charge in [0.05, 0.1) is 5.69 Å². The molecule has 0 fully saturated rings. The molecule has 6 heteroatoms. The molecule has 0 radical (unpaired) electrons. The summed E-state index contributed by atoms with van der Waals surface area (Å²) < 4.78 is 0. The van der Waals surface area contributed by atoms with E-state index in [0.29, 0.717) is 17.6 Å². The summed E-state index contributed by atoms with van der Waals surface area (Å²) in [6, 6.07) is 0. The van der Waals surface area contributed by atoms with Gasteiger partial charge in [0.1, 0.15) is 0 Å². The number of thiazole rings is 1. The van der Waals surface area contributed by atoms with Gasteiger partial charge < -0.3 is 10.6 Å². The van der Waals surface area contributed by atoms with Crippen LogP contribution in [-0.2, 0) is 4.79 Å². The third-order valence-corrected chi connectivity index (χ3v) is 3.08. The van der Waals surface area contributed by atoms with E-state index in [9.17, 15) is 4.79 Å². The molecule has 0 aliphatic heterocycles. The molecule has 4 nitrogen and oxygen atoms in total. The number of hydrogen-bond donors (Lipinski definition) is 2. The number of hydrogen-bond acceptors (Lipinski definition) is 4. The second-order valence-corrected chi connectivity index (χ2v) is 5.04. The van der Waals surface area contributed by atoms with E-state index in [2.05, 4.69) is 29.5 Å². The molecule has 1 unspecified atom stereocenters. The van der Waals surface area contributed by atoms with Gasteiger partial charge in [-0.1, -0.05) is 20.8 Å². The Morgan fingerprint density at radius 1 is 1.47 bits per heavy atom. The van der Waals surface area contributed by atoms with Crippen LogP contribution < -0.4 is 10.6 Å². The van der Waals surface area contributed by atoms with E-state index < -0.39 is 0 Å². The van der Waals surface area contributed by atoms with Crippen molar-refractivity contribution < 1.29 is 4.79 Å². The molecule has 17 heavy (non-hydrogen) atoms. The Morgan fingerprint density at radius 2 is 2.12 bits per heavy atom. The van der Waals surface area contributed by atoms with Crippen LogP contribution >= 0.6 is 23.7 Å². The zero-order valence-corrected chi connectivity index (χ0v) is 12.2. The molecule has 1 amide bonds. The van der Waals surface area contributed by atoms with Crippen molar-refractivity contribution in [3.63, 3.8) is 0 Å². The first-order chi connectivity index (χ1) is 7.54. The lowest BCUT2D eigenvalue weighted by molar-refractivity contribution is -0.119. The molecule has 0 saturated heterocycles. The minimum atomic E-state index is -0.0450. The Hall–Kier alpha value is -0.650. The van der Waals surface area contributed by atoms with E-state index in [0.717, 1.165) is 5.69 Å². The minimum Gasteiger partial charge on any atom is -0.319 e. The van der Waals surface area contributed by atoms with Gasteiger partial charge in [0.15, 0.2) is 5.13 Å². The second kappa shape index (κ2) is 7.63. The average molecular weight is 278 g/mol. The molecular weight excluding hydrogens is 258 g/mol. The van der Waals surface area contributed by atoms with Crippen LogP contribution in [0.5, 0.6) is 0 Å². The summed E-state index contributed by atoms with van der Waals surface area (Å²) in [5, 5.41) is 8.49. The highest BCUT2D eigenvalue weighted by molar-refractivity contribution is 7.13. The summed E-state index contributed by atoms with van der Waals surface area (Å²) >= 11 is 1.48. The molecule has 0 aliphatic rings. The van der Waals surface area contributed by atoms with Crippen molar-refractivity contribution in [2.75, 3.05) is 18.9 Å². The maximum Gasteiger partial charge on any atom is 0.230 e. The van der Waals surface area contributed by atoms with Gasteiger partial charge in [-0.3, -0.25) is 4.79 Å². The van der Waals surface area contributed by atoms with Gasteiger partial charge in [-0.15, -0.1) is 23.7 Å². The van der Waals surface area contributed by atoms with Gasteiger partial charge in [0.25, 0.3) is 0 Å². The Bertz CT molecular complexity index is 354. The van der Waals surface area contributed by atoms with Gasteiger partial charge >= 0.3 is 0 Å². The molecule has 1 atom stereocenters. The zero-order valence-electron chi connectivity index (χ0n) is 10.6. The van der Waals surface area contributed by atoms with E-state index in [-0.39, 0.29) is 24.2 Å². The Morgan fingerprint density at radius 3 is 2.59 bits per heavy atom. The molecule has 0 aromatic carbocycles. The smallest absolute Gasteiger partial charge is 0.230 e. The predicted octanol–water partition coefficient (Wildman–Crippen LogP) is 2.48. The highest BCUT2D eigenvalue weighted by Crippen LogP contribution is 2.21. The Kier molecular flexibility index (Phi) is 7.34. The summed E-state index contributed by atoms with van der Waals surface area (Å²) in [4.78, 5) is 16.1. The van der Waals surface area contributed by atoms with E-state index in [1.807, 2.05) is 19.4 Å². The van der Waals surface area contributed by atoms with Gasteiger partial charge in [-0.05, 0) is 13.0 Å². The minimum absolute atomic E-state index is 0. The molecule has 0 bridgehead atoms. The van der Waals surface area contributed by atoms with Crippen LogP contribution in [0.25, 0.3) is 0 Å². The normalized spacial score (nSPS) is 12.1. The van der Waals surface area contributed by atoms with Gasteiger partial charge in [-0.2, -0.15) is 0 Å². The number of carbonyl (C=O) groups is 1. The summed E-state index contributed by atoms with van der Waals surface area (Å²) in [6.07, 6.45) is 0. The lowest BCUT2D eigenvalue weighted by Gasteiger charge is -2.09. The highest BCUT2D eigenvalue weighted by Gasteiger charge is 2.14. The molecule has 0 spiro atoms. The maximum absolute atomic E-state index is 11.7. The van der Waals surface area contributed by atoms with E-state index in [1.165, 1.54) is 11.3 Å².